The van der Waals surface area contributed by atoms with Gasteiger partial charge >= 0.3 is 0 Å². The van der Waals surface area contributed by atoms with Crippen molar-refractivity contribution in [2.75, 3.05) is 25.9 Å². The molecule has 112 valence electrons. The highest BCUT2D eigenvalue weighted by molar-refractivity contribution is 7.89. The van der Waals surface area contributed by atoms with Gasteiger partial charge in [0.1, 0.15) is 0 Å². The van der Waals surface area contributed by atoms with Crippen LogP contribution in [-0.2, 0) is 10.0 Å². The molecule has 2 rings (SSSR count). The lowest BCUT2D eigenvalue weighted by molar-refractivity contribution is 0.187. The number of hydrogen-bond acceptors (Lipinski definition) is 4. The third-order valence-corrected chi connectivity index (χ3v) is 5.50. The van der Waals surface area contributed by atoms with Gasteiger partial charge < -0.3 is 10.6 Å². The smallest absolute Gasteiger partial charge is 0.240 e. The molecule has 0 aromatic heterocycles. The molecular weight excluding hydrogens is 274 g/mol. The number of likely N-dealkylation sites (tertiary alicyclic amines) is 1. The summed E-state index contributed by atoms with van der Waals surface area (Å²) >= 11 is 0. The minimum absolute atomic E-state index is 0.285. The Morgan fingerprint density at radius 1 is 1.40 bits per heavy atom. The number of nitrogens with two attached hydrogens (primary N) is 1. The Labute approximate surface area is 121 Å². The van der Waals surface area contributed by atoms with E-state index < -0.39 is 10.0 Å². The quantitative estimate of drug-likeness (QED) is 0.822. The summed E-state index contributed by atoms with van der Waals surface area (Å²) < 4.78 is 27.4. The van der Waals surface area contributed by atoms with Gasteiger partial charge in [0.25, 0.3) is 0 Å². The van der Waals surface area contributed by atoms with Gasteiger partial charge in [-0.15, -0.1) is 0 Å². The van der Waals surface area contributed by atoms with Crippen LogP contribution in [0.2, 0.25) is 0 Å². The zero-order chi connectivity index (χ0) is 14.8. The molecule has 1 unspecified atom stereocenters. The van der Waals surface area contributed by atoms with Crippen molar-refractivity contribution < 1.29 is 8.42 Å². The molecule has 1 aromatic rings. The van der Waals surface area contributed by atoms with E-state index in [1.165, 1.54) is 6.42 Å². The Balaban J connectivity index is 2.07. The topological polar surface area (TPSA) is 75.4 Å². The van der Waals surface area contributed by atoms with Crippen LogP contribution in [0.15, 0.2) is 23.1 Å². The second-order valence-corrected chi connectivity index (χ2v) is 7.24. The number of hydrogen-bond donors (Lipinski definition) is 2. The summed E-state index contributed by atoms with van der Waals surface area (Å²) in [6, 6.07) is 5.15. The number of nitrogens with one attached hydrogen (secondary N) is 1. The average molecular weight is 297 g/mol. The highest BCUT2D eigenvalue weighted by Crippen LogP contribution is 2.19. The van der Waals surface area contributed by atoms with Gasteiger partial charge in [-0.25, -0.2) is 13.1 Å². The van der Waals surface area contributed by atoms with Gasteiger partial charge in [-0.2, -0.15) is 0 Å². The molecule has 1 aliphatic rings. The van der Waals surface area contributed by atoms with E-state index in [0.717, 1.165) is 19.4 Å². The second-order valence-electron chi connectivity index (χ2n) is 5.51. The number of nitrogen functional groups attached to an aromatic ring is 1. The average Bonchev–Trinajstić information content (AvgIpc) is 2.37. The van der Waals surface area contributed by atoms with Crippen LogP contribution in [0.25, 0.3) is 0 Å². The zero-order valence-electron chi connectivity index (χ0n) is 12.1. The first-order chi connectivity index (χ1) is 9.40. The maximum absolute atomic E-state index is 12.3. The summed E-state index contributed by atoms with van der Waals surface area (Å²) in [4.78, 5) is 2.53. The molecule has 5 nitrogen and oxygen atoms in total. The van der Waals surface area contributed by atoms with Crippen LogP contribution in [0.5, 0.6) is 0 Å². The third kappa shape index (κ3) is 3.50. The standard InChI is InChI=1S/C14H23N3O2S/c1-11-9-12(15)6-7-14(11)20(18,19)16-10-13-5-3-4-8-17(13)2/h6-7,9,13,16H,3-5,8,10,15H2,1-2H3. The Hall–Kier alpha value is -1.11. The summed E-state index contributed by atoms with van der Waals surface area (Å²) in [6.45, 7) is 3.26. The van der Waals surface area contributed by atoms with Gasteiger partial charge in [-0.1, -0.05) is 6.42 Å². The van der Waals surface area contributed by atoms with Crippen molar-refractivity contribution in [3.05, 3.63) is 23.8 Å². The van der Waals surface area contributed by atoms with E-state index in [1.807, 2.05) is 7.05 Å². The molecule has 20 heavy (non-hydrogen) atoms. The van der Waals surface area contributed by atoms with E-state index in [4.69, 9.17) is 5.73 Å². The number of sulfonamides is 1. The van der Waals surface area contributed by atoms with Gasteiger partial charge in [0.15, 0.2) is 0 Å². The molecule has 1 heterocycles. The Morgan fingerprint density at radius 3 is 2.80 bits per heavy atom. The Bertz CT molecular complexity index is 572. The maximum atomic E-state index is 12.3. The van der Waals surface area contributed by atoms with Crippen molar-refractivity contribution in [3.63, 3.8) is 0 Å². The minimum atomic E-state index is -3.46. The lowest BCUT2D eigenvalue weighted by atomic mass is 10.0. The molecular formula is C14H23N3O2S. The fraction of sp³-hybridized carbons (Fsp3) is 0.571. The summed E-state index contributed by atoms with van der Waals surface area (Å²) in [5, 5.41) is 0. The largest absolute Gasteiger partial charge is 0.399 e. The summed E-state index contributed by atoms with van der Waals surface area (Å²) in [5.41, 5.74) is 6.91. The monoisotopic (exact) mass is 297 g/mol. The molecule has 1 atom stereocenters. The molecule has 0 saturated carbocycles. The van der Waals surface area contributed by atoms with Gasteiger partial charge in [0, 0.05) is 18.3 Å². The normalized spacial score (nSPS) is 21.0. The SMILES string of the molecule is Cc1cc(N)ccc1S(=O)(=O)NCC1CCCCN1C. The van der Waals surface area contributed by atoms with Crippen molar-refractivity contribution in [2.45, 2.75) is 37.1 Å². The molecule has 1 fully saturated rings. The molecule has 6 heteroatoms. The first kappa shape index (κ1) is 15.3. The van der Waals surface area contributed by atoms with Crippen LogP contribution in [0.1, 0.15) is 24.8 Å². The van der Waals surface area contributed by atoms with Crippen molar-refractivity contribution in [1.29, 1.82) is 0 Å². The van der Waals surface area contributed by atoms with E-state index in [9.17, 15) is 8.42 Å². The predicted molar refractivity (Wildman–Crippen MR) is 81.0 cm³/mol. The molecule has 0 amide bonds. The first-order valence-electron chi connectivity index (χ1n) is 6.96. The van der Waals surface area contributed by atoms with Gasteiger partial charge in [0.05, 0.1) is 4.90 Å². The van der Waals surface area contributed by atoms with Crippen LogP contribution in [-0.4, -0.2) is 39.5 Å². The van der Waals surface area contributed by atoms with Crippen molar-refractivity contribution in [2.24, 2.45) is 0 Å². The highest BCUT2D eigenvalue weighted by Gasteiger charge is 2.22. The summed E-state index contributed by atoms with van der Waals surface area (Å²) in [6.07, 6.45) is 3.40. The van der Waals surface area contributed by atoms with E-state index in [2.05, 4.69) is 9.62 Å². The van der Waals surface area contributed by atoms with Crippen LogP contribution >= 0.6 is 0 Å². The fourth-order valence-electron chi connectivity index (χ4n) is 2.66. The van der Waals surface area contributed by atoms with E-state index in [1.54, 1.807) is 25.1 Å². The number of nitrogens with zero attached hydrogens (tertiary/aromatic N) is 1. The molecule has 3 N–H and O–H groups in total. The number of benzene rings is 1. The van der Waals surface area contributed by atoms with Crippen molar-refractivity contribution in [1.82, 2.24) is 9.62 Å². The van der Waals surface area contributed by atoms with Crippen LogP contribution in [0.3, 0.4) is 0 Å². The second kappa shape index (κ2) is 6.11. The van der Waals surface area contributed by atoms with Gasteiger partial charge in [-0.3, -0.25) is 0 Å². The van der Waals surface area contributed by atoms with Crippen LogP contribution in [0.4, 0.5) is 5.69 Å². The summed E-state index contributed by atoms with van der Waals surface area (Å²) in [7, 11) is -1.41. The van der Waals surface area contributed by atoms with E-state index in [0.29, 0.717) is 22.7 Å². The third-order valence-electron chi connectivity index (χ3n) is 3.92. The Kier molecular flexibility index (Phi) is 4.67. The molecule has 0 bridgehead atoms. The maximum Gasteiger partial charge on any atom is 0.240 e. The number of anilines is 1. The Morgan fingerprint density at radius 2 is 2.15 bits per heavy atom. The van der Waals surface area contributed by atoms with Crippen molar-refractivity contribution in [3.8, 4) is 0 Å². The van der Waals surface area contributed by atoms with Crippen LogP contribution in [0, 0.1) is 6.92 Å². The number of likely N-dealkylation sites (N-methyl/N-ethyl adjacent to an activating group) is 1. The fourth-order valence-corrected chi connectivity index (χ4v) is 3.96. The first-order valence-corrected chi connectivity index (χ1v) is 8.44. The van der Waals surface area contributed by atoms with Gasteiger partial charge in [-0.05, 0) is 57.1 Å². The van der Waals surface area contributed by atoms with E-state index >= 15 is 0 Å². The predicted octanol–water partition coefficient (Wildman–Crippen LogP) is 1.34. The van der Waals surface area contributed by atoms with Gasteiger partial charge in [0.2, 0.25) is 10.0 Å². The minimum Gasteiger partial charge on any atom is -0.399 e. The molecule has 0 aliphatic carbocycles. The molecule has 0 radical (unpaired) electrons. The number of piperidine rings is 1. The molecule has 1 saturated heterocycles. The molecule has 1 aromatic carbocycles. The molecule has 1 aliphatic heterocycles. The molecule has 0 spiro atoms. The zero-order valence-corrected chi connectivity index (χ0v) is 12.9. The van der Waals surface area contributed by atoms with Crippen LogP contribution < -0.4 is 10.5 Å². The number of rotatable bonds is 4. The lowest BCUT2D eigenvalue weighted by Crippen LogP contribution is -2.44. The van der Waals surface area contributed by atoms with E-state index in [-0.39, 0.29) is 6.04 Å². The van der Waals surface area contributed by atoms with Crippen molar-refractivity contribution >= 4 is 15.7 Å². The lowest BCUT2D eigenvalue weighted by Gasteiger charge is -2.32. The number of aryl methyl sites for hydroxylation is 1. The highest BCUT2D eigenvalue weighted by atomic mass is 32.2. The summed E-state index contributed by atoms with van der Waals surface area (Å²) in [5.74, 6) is 0.